The number of nitrogens with one attached hydrogen (secondary N) is 1. The Hall–Kier alpha value is -2.45. The van der Waals surface area contributed by atoms with E-state index in [2.05, 4.69) is 20.5 Å². The van der Waals surface area contributed by atoms with Crippen LogP contribution in [0.25, 0.3) is 0 Å². The van der Waals surface area contributed by atoms with Crippen molar-refractivity contribution >= 4 is 35.1 Å². The lowest BCUT2D eigenvalue weighted by Crippen LogP contribution is -2.24. The van der Waals surface area contributed by atoms with Gasteiger partial charge in [-0.3, -0.25) is 14.8 Å². The minimum atomic E-state index is -0.597. The summed E-state index contributed by atoms with van der Waals surface area (Å²) in [5, 5.41) is 11.4. The molecule has 0 saturated carbocycles. The van der Waals surface area contributed by atoms with Gasteiger partial charge in [-0.05, 0) is 19.1 Å². The van der Waals surface area contributed by atoms with Crippen molar-refractivity contribution in [3.05, 3.63) is 58.3 Å². The lowest BCUT2D eigenvalue weighted by Gasteiger charge is -2.10. The molecule has 1 amide bonds. The van der Waals surface area contributed by atoms with Crippen LogP contribution in [-0.2, 0) is 11.3 Å². The molecular weight excluding hydrogens is 370 g/mol. The second-order valence-electron chi connectivity index (χ2n) is 5.27. The third-order valence-electron chi connectivity index (χ3n) is 3.50. The van der Waals surface area contributed by atoms with E-state index in [1.165, 1.54) is 40.2 Å². The minimum absolute atomic E-state index is 0.0959. The number of nitrogens with zero attached hydrogens (tertiary/aromatic N) is 5. The van der Waals surface area contributed by atoms with Crippen LogP contribution in [0.1, 0.15) is 18.5 Å². The highest BCUT2D eigenvalue weighted by atomic mass is 35.5. The highest BCUT2D eigenvalue weighted by molar-refractivity contribution is 6.31. The molecule has 2 heterocycles. The Bertz CT molecular complexity index is 889. The van der Waals surface area contributed by atoms with Crippen LogP contribution in [0.4, 0.5) is 10.3 Å². The Morgan fingerprint density at radius 1 is 1.40 bits per heavy atom. The third-order valence-corrected chi connectivity index (χ3v) is 4.05. The summed E-state index contributed by atoms with van der Waals surface area (Å²) < 4.78 is 16.6. The number of carbonyl (C=O) groups is 1. The number of hydrogen-bond donors (Lipinski definition) is 1. The van der Waals surface area contributed by atoms with E-state index in [1.807, 2.05) is 0 Å². The molecule has 2 aromatic heterocycles. The van der Waals surface area contributed by atoms with Crippen LogP contribution in [0.3, 0.4) is 0 Å². The molecular formula is C15H13Cl2FN6O. The average Bonchev–Trinajstić information content (AvgIpc) is 3.19. The van der Waals surface area contributed by atoms with Crippen LogP contribution < -0.4 is 5.32 Å². The standard InChI is InChI=1S/C15H13Cl2FN6O/c1-9(24-6-10(16)5-20-24)14(25)21-15-19-8-23(22-15)7-11-12(17)3-2-4-13(11)18/h2-6,8-9H,7H2,1H3,(H,21,22,25). The van der Waals surface area contributed by atoms with Gasteiger partial charge in [-0.25, -0.2) is 14.1 Å². The molecule has 3 aromatic rings. The van der Waals surface area contributed by atoms with E-state index in [4.69, 9.17) is 23.2 Å². The fourth-order valence-electron chi connectivity index (χ4n) is 2.13. The first-order valence-electron chi connectivity index (χ1n) is 7.27. The highest BCUT2D eigenvalue weighted by Gasteiger charge is 2.18. The number of rotatable bonds is 5. The van der Waals surface area contributed by atoms with Gasteiger partial charge in [0.1, 0.15) is 18.2 Å². The van der Waals surface area contributed by atoms with Crippen LogP contribution in [0, 0.1) is 5.82 Å². The first kappa shape index (κ1) is 17.4. The topological polar surface area (TPSA) is 77.6 Å². The summed E-state index contributed by atoms with van der Waals surface area (Å²) >= 11 is 11.8. The van der Waals surface area contributed by atoms with Gasteiger partial charge in [-0.15, -0.1) is 5.10 Å². The van der Waals surface area contributed by atoms with Crippen LogP contribution in [-0.4, -0.2) is 30.5 Å². The Morgan fingerprint density at radius 2 is 2.20 bits per heavy atom. The van der Waals surface area contributed by atoms with Crippen LogP contribution in [0.2, 0.25) is 10.0 Å². The predicted molar refractivity (Wildman–Crippen MR) is 91.1 cm³/mol. The molecule has 0 bridgehead atoms. The maximum Gasteiger partial charge on any atom is 0.251 e. The lowest BCUT2D eigenvalue weighted by atomic mass is 10.2. The molecule has 0 aliphatic rings. The van der Waals surface area contributed by atoms with Crippen molar-refractivity contribution in [2.75, 3.05) is 5.32 Å². The van der Waals surface area contributed by atoms with Gasteiger partial charge in [-0.2, -0.15) is 5.10 Å². The fraction of sp³-hybridized carbons (Fsp3) is 0.200. The number of amides is 1. The summed E-state index contributed by atoms with van der Waals surface area (Å²) in [7, 11) is 0. The lowest BCUT2D eigenvalue weighted by molar-refractivity contribution is -0.119. The Labute approximate surface area is 152 Å². The summed E-state index contributed by atoms with van der Waals surface area (Å²) in [5.74, 6) is -0.693. The van der Waals surface area contributed by atoms with Gasteiger partial charge in [0.05, 0.1) is 17.8 Å². The molecule has 130 valence electrons. The van der Waals surface area contributed by atoms with Crippen molar-refractivity contribution in [2.24, 2.45) is 0 Å². The van der Waals surface area contributed by atoms with Crippen molar-refractivity contribution in [1.82, 2.24) is 24.5 Å². The molecule has 1 N–H and O–H groups in total. The van der Waals surface area contributed by atoms with E-state index >= 15 is 0 Å². The molecule has 0 saturated heterocycles. The van der Waals surface area contributed by atoms with Crippen molar-refractivity contribution in [1.29, 1.82) is 0 Å². The number of benzene rings is 1. The second kappa shape index (κ2) is 7.20. The molecule has 0 radical (unpaired) electrons. The summed E-state index contributed by atoms with van der Waals surface area (Å²) in [5.41, 5.74) is 0.298. The normalized spacial score (nSPS) is 12.2. The maximum absolute atomic E-state index is 13.8. The van der Waals surface area contributed by atoms with Gasteiger partial charge in [0.15, 0.2) is 0 Å². The van der Waals surface area contributed by atoms with Crippen LogP contribution >= 0.6 is 23.2 Å². The Kier molecular flexibility index (Phi) is 5.00. The van der Waals surface area contributed by atoms with E-state index in [-0.39, 0.29) is 18.4 Å². The monoisotopic (exact) mass is 382 g/mol. The van der Waals surface area contributed by atoms with Gasteiger partial charge in [0, 0.05) is 16.8 Å². The quantitative estimate of drug-likeness (QED) is 0.734. The molecule has 1 aromatic carbocycles. The minimum Gasteiger partial charge on any atom is -0.291 e. The summed E-state index contributed by atoms with van der Waals surface area (Å²) in [6.45, 7) is 1.76. The van der Waals surface area contributed by atoms with Gasteiger partial charge in [0.2, 0.25) is 5.95 Å². The first-order chi connectivity index (χ1) is 11.9. The van der Waals surface area contributed by atoms with Crippen molar-refractivity contribution in [3.8, 4) is 0 Å². The molecule has 3 rings (SSSR count). The zero-order valence-electron chi connectivity index (χ0n) is 13.0. The molecule has 7 nitrogen and oxygen atoms in total. The number of anilines is 1. The first-order valence-corrected chi connectivity index (χ1v) is 8.02. The zero-order valence-corrected chi connectivity index (χ0v) is 14.5. The Morgan fingerprint density at radius 3 is 2.88 bits per heavy atom. The van der Waals surface area contributed by atoms with Crippen LogP contribution in [0.5, 0.6) is 0 Å². The molecule has 1 atom stereocenters. The molecule has 25 heavy (non-hydrogen) atoms. The molecule has 0 aliphatic heterocycles. The highest BCUT2D eigenvalue weighted by Crippen LogP contribution is 2.20. The van der Waals surface area contributed by atoms with Crippen molar-refractivity contribution < 1.29 is 9.18 Å². The van der Waals surface area contributed by atoms with Gasteiger partial charge in [-0.1, -0.05) is 29.3 Å². The fourth-order valence-corrected chi connectivity index (χ4v) is 2.50. The summed E-state index contributed by atoms with van der Waals surface area (Å²) in [6.07, 6.45) is 4.36. The van der Waals surface area contributed by atoms with Gasteiger partial charge < -0.3 is 0 Å². The predicted octanol–water partition coefficient (Wildman–Crippen LogP) is 3.17. The molecule has 1 unspecified atom stereocenters. The van der Waals surface area contributed by atoms with E-state index < -0.39 is 11.9 Å². The SMILES string of the molecule is CC(C(=O)Nc1ncn(Cc2c(F)cccc2Cl)n1)n1cc(Cl)cn1. The summed E-state index contributed by atoms with van der Waals surface area (Å²) in [4.78, 5) is 16.2. The zero-order chi connectivity index (χ0) is 18.0. The van der Waals surface area contributed by atoms with E-state index in [1.54, 1.807) is 13.0 Å². The Balaban J connectivity index is 1.68. The smallest absolute Gasteiger partial charge is 0.251 e. The second-order valence-corrected chi connectivity index (χ2v) is 6.11. The average molecular weight is 383 g/mol. The molecule has 10 heteroatoms. The van der Waals surface area contributed by atoms with Gasteiger partial charge >= 0.3 is 0 Å². The molecule has 0 fully saturated rings. The summed E-state index contributed by atoms with van der Waals surface area (Å²) in [6, 6.07) is 3.84. The molecule has 0 aliphatic carbocycles. The number of carbonyl (C=O) groups excluding carboxylic acids is 1. The van der Waals surface area contributed by atoms with E-state index in [0.717, 1.165) is 0 Å². The largest absolute Gasteiger partial charge is 0.291 e. The maximum atomic E-state index is 13.8. The van der Waals surface area contributed by atoms with Crippen LogP contribution in [0.15, 0.2) is 36.9 Å². The number of hydrogen-bond acceptors (Lipinski definition) is 4. The van der Waals surface area contributed by atoms with E-state index in [0.29, 0.717) is 15.6 Å². The van der Waals surface area contributed by atoms with Crippen molar-refractivity contribution in [2.45, 2.75) is 19.5 Å². The van der Waals surface area contributed by atoms with E-state index in [9.17, 15) is 9.18 Å². The number of halogens is 3. The number of aromatic nitrogens is 5. The third kappa shape index (κ3) is 3.97. The van der Waals surface area contributed by atoms with Gasteiger partial charge in [0.25, 0.3) is 5.91 Å². The molecule has 0 spiro atoms. The van der Waals surface area contributed by atoms with Crippen molar-refractivity contribution in [3.63, 3.8) is 0 Å².